The van der Waals surface area contributed by atoms with Crippen LogP contribution in [0.25, 0.3) is 0 Å². The highest BCUT2D eigenvalue weighted by Gasteiger charge is 2.18. The normalized spacial score (nSPS) is 13.8. The molecule has 0 unspecified atom stereocenters. The summed E-state index contributed by atoms with van der Waals surface area (Å²) in [6, 6.07) is 8.37. The minimum atomic E-state index is -0.603. The lowest BCUT2D eigenvalue weighted by Gasteiger charge is -2.26. The van der Waals surface area contributed by atoms with E-state index in [4.69, 9.17) is 23.2 Å². The van der Waals surface area contributed by atoms with Crippen molar-refractivity contribution in [3.8, 4) is 0 Å². The van der Waals surface area contributed by atoms with Gasteiger partial charge in [-0.25, -0.2) is 9.82 Å². The summed E-state index contributed by atoms with van der Waals surface area (Å²) in [5.41, 5.74) is 3.20. The summed E-state index contributed by atoms with van der Waals surface area (Å²) in [4.78, 5) is 25.8. The predicted octanol–water partition coefficient (Wildman–Crippen LogP) is 5.41. The average Bonchev–Trinajstić information content (AvgIpc) is 2.83. The zero-order valence-corrected chi connectivity index (χ0v) is 19.2. The van der Waals surface area contributed by atoms with Crippen LogP contribution in [-0.2, 0) is 0 Å². The van der Waals surface area contributed by atoms with E-state index in [0.717, 1.165) is 32.4 Å². The van der Waals surface area contributed by atoms with Crippen molar-refractivity contribution in [1.82, 2.24) is 15.0 Å². The van der Waals surface area contributed by atoms with Crippen LogP contribution in [0.15, 0.2) is 41.5 Å². The van der Waals surface area contributed by atoms with Gasteiger partial charge in [-0.2, -0.15) is 20.1 Å². The number of nitrogens with zero attached hydrogens (tertiary/aromatic N) is 6. The first-order chi connectivity index (χ1) is 16.4. The van der Waals surface area contributed by atoms with Crippen LogP contribution >= 0.6 is 23.2 Å². The van der Waals surface area contributed by atoms with Crippen LogP contribution in [0.2, 0.25) is 10.0 Å². The molecule has 176 valence electrons. The lowest BCUT2D eigenvalue weighted by Crippen LogP contribution is -2.31. The van der Waals surface area contributed by atoms with Crippen LogP contribution in [0, 0.1) is 15.9 Å². The van der Waals surface area contributed by atoms with Gasteiger partial charge in [-0.15, -0.1) is 0 Å². The first kappa shape index (κ1) is 23.6. The van der Waals surface area contributed by atoms with Gasteiger partial charge in [0, 0.05) is 30.4 Å². The van der Waals surface area contributed by atoms with Gasteiger partial charge in [0.2, 0.25) is 17.8 Å². The van der Waals surface area contributed by atoms with Crippen LogP contribution in [0.3, 0.4) is 0 Å². The predicted molar refractivity (Wildman–Crippen MR) is 130 cm³/mol. The van der Waals surface area contributed by atoms with Gasteiger partial charge < -0.3 is 10.2 Å². The molecule has 1 fully saturated rings. The number of aromatic nitrogens is 3. The number of hydrogen-bond acceptors (Lipinski definition) is 9. The molecule has 34 heavy (non-hydrogen) atoms. The Morgan fingerprint density at radius 1 is 1.03 bits per heavy atom. The number of hydrazone groups is 1. The molecule has 13 heteroatoms. The van der Waals surface area contributed by atoms with Crippen molar-refractivity contribution in [1.29, 1.82) is 0 Å². The van der Waals surface area contributed by atoms with Gasteiger partial charge in [0.15, 0.2) is 0 Å². The Balaban J connectivity index is 1.61. The zero-order chi connectivity index (χ0) is 24.1. The molecule has 1 saturated heterocycles. The van der Waals surface area contributed by atoms with E-state index < -0.39 is 4.92 Å². The van der Waals surface area contributed by atoms with E-state index in [1.165, 1.54) is 30.5 Å². The molecule has 4 rings (SSSR count). The lowest BCUT2D eigenvalue weighted by atomic mass is 10.1. The van der Waals surface area contributed by atoms with Crippen molar-refractivity contribution in [2.24, 2.45) is 5.10 Å². The monoisotopic (exact) mass is 504 g/mol. The van der Waals surface area contributed by atoms with Crippen molar-refractivity contribution < 1.29 is 9.31 Å². The summed E-state index contributed by atoms with van der Waals surface area (Å²) < 4.78 is 13.2. The third-order valence-electron chi connectivity index (χ3n) is 5.02. The molecule has 0 saturated carbocycles. The maximum Gasteiger partial charge on any atom is 0.288 e. The Morgan fingerprint density at radius 2 is 1.74 bits per heavy atom. The van der Waals surface area contributed by atoms with E-state index in [9.17, 15) is 14.5 Å². The first-order valence-corrected chi connectivity index (χ1v) is 11.1. The molecule has 10 nitrogen and oxygen atoms in total. The summed E-state index contributed by atoms with van der Waals surface area (Å²) in [6.45, 7) is 1.61. The van der Waals surface area contributed by atoms with Gasteiger partial charge in [0.05, 0.1) is 16.2 Å². The van der Waals surface area contributed by atoms with Gasteiger partial charge in [-0.3, -0.25) is 10.1 Å². The van der Waals surface area contributed by atoms with Crippen LogP contribution < -0.4 is 15.6 Å². The highest BCUT2D eigenvalue weighted by atomic mass is 35.5. The van der Waals surface area contributed by atoms with Crippen molar-refractivity contribution in [3.63, 3.8) is 0 Å². The average molecular weight is 505 g/mol. The summed E-state index contributed by atoms with van der Waals surface area (Å²) in [7, 11) is 0. The van der Waals surface area contributed by atoms with E-state index in [2.05, 4.69) is 30.8 Å². The van der Waals surface area contributed by atoms with Crippen molar-refractivity contribution in [2.75, 3.05) is 28.7 Å². The Bertz CT molecular complexity index is 1220. The molecule has 1 aliphatic heterocycles. The van der Waals surface area contributed by atoms with Crippen molar-refractivity contribution >= 4 is 58.6 Å². The minimum absolute atomic E-state index is 0.133. The van der Waals surface area contributed by atoms with Crippen LogP contribution in [-0.4, -0.2) is 39.2 Å². The summed E-state index contributed by atoms with van der Waals surface area (Å²) >= 11 is 12.2. The number of anilines is 4. The molecule has 1 aliphatic rings. The van der Waals surface area contributed by atoms with E-state index >= 15 is 0 Å². The molecule has 2 heterocycles. The van der Waals surface area contributed by atoms with Gasteiger partial charge in [-0.1, -0.05) is 23.2 Å². The number of nitro benzene ring substituents is 1. The Labute approximate surface area is 204 Å². The zero-order valence-electron chi connectivity index (χ0n) is 17.7. The number of nitrogens with one attached hydrogen (secondary N) is 2. The second-order valence-electron chi connectivity index (χ2n) is 7.38. The van der Waals surface area contributed by atoms with Crippen molar-refractivity contribution in [3.05, 3.63) is 67.9 Å². The summed E-state index contributed by atoms with van der Waals surface area (Å²) in [5, 5.41) is 18.3. The quantitative estimate of drug-likeness (QED) is 0.249. The topological polar surface area (TPSA) is 121 Å². The second kappa shape index (κ2) is 10.6. The molecule has 0 bridgehead atoms. The number of halogens is 3. The highest BCUT2D eigenvalue weighted by molar-refractivity contribution is 6.40. The maximum absolute atomic E-state index is 13.2. The Morgan fingerprint density at radius 3 is 2.44 bits per heavy atom. The van der Waals surface area contributed by atoms with Gasteiger partial charge >= 0.3 is 0 Å². The molecule has 0 amide bonds. The number of benzene rings is 2. The number of nitro groups is 1. The Kier molecular flexibility index (Phi) is 7.33. The molecular formula is C21H19Cl2FN8O2. The van der Waals surface area contributed by atoms with Crippen LogP contribution in [0.5, 0.6) is 0 Å². The fourth-order valence-electron chi connectivity index (χ4n) is 3.34. The highest BCUT2D eigenvalue weighted by Crippen LogP contribution is 2.32. The standard InChI is InChI=1S/C21H19Cl2FN8O2/c22-16-8-9-17(32(33)34)18(23)15(16)12-25-30-20-27-19(26-14-6-4-13(24)5-7-14)28-21(29-20)31-10-2-1-3-11-31/h4-9,12H,1-3,10-11H2,(H2,26,27,28,29,30). The smallest absolute Gasteiger partial charge is 0.288 e. The van der Waals surface area contributed by atoms with Gasteiger partial charge in [0.1, 0.15) is 10.8 Å². The molecule has 1 aromatic heterocycles. The van der Waals surface area contributed by atoms with Crippen LogP contribution in [0.1, 0.15) is 24.8 Å². The largest absolute Gasteiger partial charge is 0.341 e. The van der Waals surface area contributed by atoms with Crippen molar-refractivity contribution in [2.45, 2.75) is 19.3 Å². The van der Waals surface area contributed by atoms with Gasteiger partial charge in [-0.05, 0) is 49.6 Å². The number of hydrogen-bond donors (Lipinski definition) is 2. The summed E-state index contributed by atoms with van der Waals surface area (Å²) in [5.74, 6) is 0.481. The fourth-order valence-corrected chi connectivity index (χ4v) is 3.88. The van der Waals surface area contributed by atoms with E-state index in [1.54, 1.807) is 12.1 Å². The number of rotatable bonds is 7. The molecule has 0 spiro atoms. The van der Waals surface area contributed by atoms with Crippen LogP contribution in [0.4, 0.5) is 33.6 Å². The first-order valence-electron chi connectivity index (χ1n) is 10.4. The minimum Gasteiger partial charge on any atom is -0.341 e. The van der Waals surface area contributed by atoms with E-state index in [0.29, 0.717) is 11.6 Å². The molecule has 3 aromatic rings. The van der Waals surface area contributed by atoms with Gasteiger partial charge in [0.25, 0.3) is 5.69 Å². The fraction of sp³-hybridized carbons (Fsp3) is 0.238. The lowest BCUT2D eigenvalue weighted by molar-refractivity contribution is -0.384. The maximum atomic E-state index is 13.2. The molecule has 0 aliphatic carbocycles. The molecule has 2 N–H and O–H groups in total. The third-order valence-corrected chi connectivity index (χ3v) is 5.75. The number of piperidine rings is 1. The molecule has 0 atom stereocenters. The molecular weight excluding hydrogens is 486 g/mol. The SMILES string of the molecule is O=[N+]([O-])c1ccc(Cl)c(C=NNc2nc(Nc3ccc(F)cc3)nc(N3CCCCC3)n2)c1Cl. The summed E-state index contributed by atoms with van der Waals surface area (Å²) in [6.07, 6.45) is 4.45. The Hall–Kier alpha value is -3.57. The van der Waals surface area contributed by atoms with E-state index in [1.807, 2.05) is 4.90 Å². The molecule has 2 aromatic carbocycles. The second-order valence-corrected chi connectivity index (χ2v) is 8.17. The third kappa shape index (κ3) is 5.67. The van der Waals surface area contributed by atoms with E-state index in [-0.39, 0.29) is 39.0 Å². The molecule has 0 radical (unpaired) electrons.